The molecule has 284 valence electrons. The molecule has 2 rings (SSSR count). The molecule has 10 heteroatoms. The van der Waals surface area contributed by atoms with Gasteiger partial charge in [0.2, 0.25) is 17.7 Å². The number of hydrogen-bond donors (Lipinski definition) is 3. The number of ether oxygens (including phenoxy) is 2. The Balaban J connectivity index is 2.23. The van der Waals surface area contributed by atoms with Gasteiger partial charge < -0.3 is 35.0 Å². The molecule has 1 fully saturated rings. The van der Waals surface area contributed by atoms with Crippen LogP contribution in [0.4, 0.5) is 0 Å². The summed E-state index contributed by atoms with van der Waals surface area (Å²) in [4.78, 5) is 44.7. The largest absolute Gasteiger partial charge is 0.386 e. The minimum Gasteiger partial charge on any atom is -0.386 e. The van der Waals surface area contributed by atoms with Gasteiger partial charge in [0.15, 0.2) is 0 Å². The van der Waals surface area contributed by atoms with Crippen molar-refractivity contribution in [3.63, 3.8) is 0 Å². The third kappa shape index (κ3) is 11.0. The van der Waals surface area contributed by atoms with Crippen molar-refractivity contribution in [1.29, 1.82) is 0 Å². The Kier molecular flexibility index (Phi) is 17.4. The molecule has 0 saturated carbocycles. The van der Waals surface area contributed by atoms with Crippen molar-refractivity contribution in [2.75, 3.05) is 27.8 Å². The Labute approximate surface area is 302 Å². The topological polar surface area (TPSA) is 120 Å². The number of likely N-dealkylation sites (N-methyl/N-ethyl adjacent to an activating group) is 1. The fraction of sp³-hybridized carbons (Fsp3) is 0.725. The number of methoxy groups -OCH3 is 2. The van der Waals surface area contributed by atoms with Crippen LogP contribution in [0.1, 0.15) is 99.7 Å². The van der Waals surface area contributed by atoms with Crippen molar-refractivity contribution >= 4 is 17.7 Å². The van der Waals surface area contributed by atoms with E-state index >= 15 is 0 Å². The molecule has 3 N–H and O–H groups in total. The first kappa shape index (κ1) is 43.2. The number of benzene rings is 1. The van der Waals surface area contributed by atoms with Gasteiger partial charge in [0.1, 0.15) is 6.04 Å². The third-order valence-corrected chi connectivity index (χ3v) is 11.0. The molecule has 3 amide bonds. The van der Waals surface area contributed by atoms with E-state index in [9.17, 15) is 19.5 Å². The van der Waals surface area contributed by atoms with Crippen LogP contribution in [0.3, 0.4) is 0 Å². The number of rotatable bonds is 20. The first-order valence-electron chi connectivity index (χ1n) is 18.6. The highest BCUT2D eigenvalue weighted by molar-refractivity contribution is 5.88. The highest BCUT2D eigenvalue weighted by Crippen LogP contribution is 2.33. The number of likely N-dealkylation sites (tertiary alicyclic amines) is 1. The summed E-state index contributed by atoms with van der Waals surface area (Å²) in [6.07, 6.45) is 1.49. The average molecular weight is 701 g/mol. The minimum absolute atomic E-state index is 0.0787. The van der Waals surface area contributed by atoms with Gasteiger partial charge in [0.25, 0.3) is 0 Å². The van der Waals surface area contributed by atoms with Crippen LogP contribution in [0, 0.1) is 29.6 Å². The molecular formula is C40H68N4O6. The normalized spacial score (nSPS) is 20.3. The Hall–Kier alpha value is -2.95. The van der Waals surface area contributed by atoms with Crippen molar-refractivity contribution in [3.8, 4) is 0 Å². The number of amides is 3. The lowest BCUT2D eigenvalue weighted by atomic mass is 9.88. The van der Waals surface area contributed by atoms with Gasteiger partial charge in [-0.1, -0.05) is 98.7 Å². The molecule has 1 aromatic rings. The van der Waals surface area contributed by atoms with Crippen molar-refractivity contribution in [3.05, 3.63) is 48.2 Å². The van der Waals surface area contributed by atoms with Gasteiger partial charge in [-0.05, 0) is 43.1 Å². The second-order valence-corrected chi connectivity index (χ2v) is 15.2. The van der Waals surface area contributed by atoms with E-state index in [0.29, 0.717) is 6.42 Å². The molecule has 0 bridgehead atoms. The SMILES string of the molecule is C=C(C[C@@H](OC)C([C@@H](C)CC)N(C)C(=O)[C@@H](NC(=O)C(C)C(C)C)C(C)C)N1CCC[C@H]1[C@H](OC)[C@@H](C)C(=O)N[C@H](C)[C@@H](O)c1ccccc1. The molecule has 0 spiro atoms. The van der Waals surface area contributed by atoms with Crippen molar-refractivity contribution in [2.24, 2.45) is 29.6 Å². The molecule has 0 radical (unpaired) electrons. The number of hydrogen-bond acceptors (Lipinski definition) is 7. The predicted molar refractivity (Wildman–Crippen MR) is 200 cm³/mol. The van der Waals surface area contributed by atoms with E-state index in [4.69, 9.17) is 9.47 Å². The number of carbonyl (C=O) groups is 3. The van der Waals surface area contributed by atoms with Gasteiger partial charge in [-0.25, -0.2) is 0 Å². The fourth-order valence-corrected chi connectivity index (χ4v) is 7.14. The highest BCUT2D eigenvalue weighted by Gasteiger charge is 2.41. The molecule has 2 unspecified atom stereocenters. The number of nitrogens with zero attached hydrogens (tertiary/aromatic N) is 2. The molecule has 0 aromatic heterocycles. The quantitative estimate of drug-likeness (QED) is 0.163. The lowest BCUT2D eigenvalue weighted by molar-refractivity contribution is -0.143. The van der Waals surface area contributed by atoms with Gasteiger partial charge in [-0.2, -0.15) is 0 Å². The summed E-state index contributed by atoms with van der Waals surface area (Å²) in [5.41, 5.74) is 1.62. The van der Waals surface area contributed by atoms with Crippen LogP contribution in [0.5, 0.6) is 0 Å². The summed E-state index contributed by atoms with van der Waals surface area (Å²) in [6.45, 7) is 23.0. The molecule has 1 heterocycles. The number of carbonyl (C=O) groups excluding carboxylic acids is 3. The zero-order chi connectivity index (χ0) is 37.9. The van der Waals surface area contributed by atoms with Gasteiger partial charge in [-0.15, -0.1) is 0 Å². The van der Waals surface area contributed by atoms with E-state index in [1.807, 2.05) is 78.9 Å². The lowest BCUT2D eigenvalue weighted by Gasteiger charge is -2.42. The van der Waals surface area contributed by atoms with Crippen LogP contribution >= 0.6 is 0 Å². The Morgan fingerprint density at radius 1 is 0.940 bits per heavy atom. The lowest BCUT2D eigenvalue weighted by Crippen LogP contribution is -2.57. The van der Waals surface area contributed by atoms with Crippen LogP contribution in [-0.2, 0) is 23.9 Å². The molecule has 1 aromatic carbocycles. The first-order valence-corrected chi connectivity index (χ1v) is 18.6. The summed E-state index contributed by atoms with van der Waals surface area (Å²) in [6, 6.07) is 7.83. The van der Waals surface area contributed by atoms with Crippen LogP contribution in [0.15, 0.2) is 42.6 Å². The number of aliphatic hydroxyl groups excluding tert-OH is 1. The molecule has 1 aliphatic rings. The van der Waals surface area contributed by atoms with Crippen LogP contribution in [0.2, 0.25) is 0 Å². The fourth-order valence-electron chi connectivity index (χ4n) is 7.14. The van der Waals surface area contributed by atoms with E-state index < -0.39 is 30.2 Å². The molecule has 1 aliphatic heterocycles. The summed E-state index contributed by atoms with van der Waals surface area (Å²) < 4.78 is 12.2. The monoisotopic (exact) mass is 701 g/mol. The maximum Gasteiger partial charge on any atom is 0.245 e. The van der Waals surface area contributed by atoms with Gasteiger partial charge in [0, 0.05) is 45.8 Å². The van der Waals surface area contributed by atoms with Crippen molar-refractivity contribution < 1.29 is 29.0 Å². The highest BCUT2D eigenvalue weighted by atomic mass is 16.5. The number of nitrogens with one attached hydrogen (secondary N) is 2. The van der Waals surface area contributed by atoms with E-state index in [0.717, 1.165) is 37.1 Å². The van der Waals surface area contributed by atoms with Crippen LogP contribution in [0.25, 0.3) is 0 Å². The second-order valence-electron chi connectivity index (χ2n) is 15.2. The van der Waals surface area contributed by atoms with Crippen LogP contribution in [-0.4, -0.2) is 96.8 Å². The molecule has 10 nitrogen and oxygen atoms in total. The van der Waals surface area contributed by atoms with E-state index in [-0.39, 0.29) is 59.6 Å². The molecular weight excluding hydrogens is 632 g/mol. The Morgan fingerprint density at radius 2 is 1.54 bits per heavy atom. The zero-order valence-electron chi connectivity index (χ0n) is 32.9. The zero-order valence-corrected chi connectivity index (χ0v) is 32.9. The van der Waals surface area contributed by atoms with Crippen molar-refractivity contribution in [1.82, 2.24) is 20.4 Å². The Morgan fingerprint density at radius 3 is 2.06 bits per heavy atom. The maximum absolute atomic E-state index is 14.1. The second kappa shape index (κ2) is 20.2. The van der Waals surface area contributed by atoms with E-state index in [2.05, 4.69) is 36.0 Å². The van der Waals surface area contributed by atoms with Gasteiger partial charge in [-0.3, -0.25) is 14.4 Å². The standard InChI is InChI=1S/C40H68N4O6/c1-14-26(6)35(43(11)40(48)34(25(4)5)42-38(46)28(8)24(2)3)33(49-12)23-27(7)44-22-18-21-32(44)37(50-13)29(9)39(47)41-30(10)36(45)31-19-16-15-17-20-31/h15-17,19-20,24-26,28-30,32-37,45H,7,14,18,21-23H2,1-6,8-13H3,(H,41,47)(H,42,46)/t26-,28?,29+,30+,32-,33+,34-,35?,36+,37+/m0/s1. The predicted octanol–water partition coefficient (Wildman–Crippen LogP) is 5.57. The van der Waals surface area contributed by atoms with Gasteiger partial charge in [0.05, 0.1) is 42.4 Å². The van der Waals surface area contributed by atoms with E-state index in [1.165, 1.54) is 0 Å². The van der Waals surface area contributed by atoms with Crippen molar-refractivity contribution in [2.45, 2.75) is 130 Å². The molecule has 1 saturated heterocycles. The Bertz CT molecular complexity index is 1230. The summed E-state index contributed by atoms with van der Waals surface area (Å²) in [7, 11) is 5.13. The minimum atomic E-state index is -0.832. The molecule has 50 heavy (non-hydrogen) atoms. The first-order chi connectivity index (χ1) is 23.5. The van der Waals surface area contributed by atoms with Crippen LogP contribution < -0.4 is 10.6 Å². The summed E-state index contributed by atoms with van der Waals surface area (Å²) in [5.74, 6) is -0.953. The average Bonchev–Trinajstić information content (AvgIpc) is 3.58. The smallest absolute Gasteiger partial charge is 0.245 e. The third-order valence-electron chi connectivity index (χ3n) is 11.0. The maximum atomic E-state index is 14.1. The summed E-state index contributed by atoms with van der Waals surface area (Å²) >= 11 is 0. The van der Waals surface area contributed by atoms with E-state index in [1.54, 1.807) is 26.0 Å². The summed E-state index contributed by atoms with van der Waals surface area (Å²) in [5, 5.41) is 16.9. The molecule has 10 atom stereocenters. The number of aliphatic hydroxyl groups is 1. The van der Waals surface area contributed by atoms with Gasteiger partial charge >= 0.3 is 0 Å². The molecule has 0 aliphatic carbocycles.